The highest BCUT2D eigenvalue weighted by Crippen LogP contribution is 2.28. The van der Waals surface area contributed by atoms with E-state index in [-0.39, 0.29) is 0 Å². The Balaban J connectivity index is 1.41. The van der Waals surface area contributed by atoms with E-state index in [1.54, 1.807) is 0 Å². The van der Waals surface area contributed by atoms with Crippen LogP contribution < -0.4 is 4.90 Å². The molecule has 0 N–H and O–H groups in total. The number of aromatic nitrogens is 2. The molecule has 2 fully saturated rings. The summed E-state index contributed by atoms with van der Waals surface area (Å²) < 4.78 is 11.1. The van der Waals surface area contributed by atoms with Gasteiger partial charge < -0.3 is 14.2 Å². The van der Waals surface area contributed by atoms with Gasteiger partial charge in [0, 0.05) is 37.8 Å². The third kappa shape index (κ3) is 4.01. The second kappa shape index (κ2) is 7.98. The molecule has 0 bridgehead atoms. The Hall–Kier alpha value is -1.92. The van der Waals surface area contributed by atoms with Gasteiger partial charge in [-0.25, -0.2) is 0 Å². The number of hydrogen-bond donors (Lipinski definition) is 0. The van der Waals surface area contributed by atoms with Crippen molar-refractivity contribution in [3.8, 4) is 11.5 Å². The smallest absolute Gasteiger partial charge is 0.266 e. The highest BCUT2D eigenvalue weighted by Gasteiger charge is 2.27. The Labute approximate surface area is 161 Å². The fraction of sp³-hybridized carbons (Fsp3) is 0.619. The zero-order chi connectivity index (χ0) is 18.8. The van der Waals surface area contributed by atoms with E-state index in [0.29, 0.717) is 17.9 Å². The van der Waals surface area contributed by atoms with Gasteiger partial charge in [-0.3, -0.25) is 4.90 Å². The van der Waals surface area contributed by atoms with Gasteiger partial charge in [0.25, 0.3) is 11.8 Å². The van der Waals surface area contributed by atoms with Gasteiger partial charge in [0.05, 0.1) is 13.2 Å². The van der Waals surface area contributed by atoms with Crippen LogP contribution in [0.5, 0.6) is 0 Å². The minimum absolute atomic E-state index is 0.517. The van der Waals surface area contributed by atoms with Gasteiger partial charge in [-0.15, -0.1) is 0 Å². The lowest BCUT2D eigenvalue weighted by Gasteiger charge is -2.39. The summed E-state index contributed by atoms with van der Waals surface area (Å²) in [6, 6.07) is 7.14. The summed E-state index contributed by atoms with van der Waals surface area (Å²) in [6.07, 6.45) is 2.29. The van der Waals surface area contributed by atoms with Crippen molar-refractivity contribution in [2.24, 2.45) is 0 Å². The molecule has 2 aliphatic heterocycles. The number of rotatable bonds is 4. The first kappa shape index (κ1) is 18.4. The van der Waals surface area contributed by atoms with Crippen LogP contribution in [-0.4, -0.2) is 60.5 Å². The molecule has 2 saturated heterocycles. The number of anilines is 1. The summed E-state index contributed by atoms with van der Waals surface area (Å²) in [7, 11) is 0. The van der Waals surface area contributed by atoms with Crippen molar-refractivity contribution in [2.75, 3.05) is 44.3 Å². The topological polar surface area (TPSA) is 54.6 Å². The third-order valence-electron chi connectivity index (χ3n) is 5.87. The van der Waals surface area contributed by atoms with Crippen LogP contribution in [0.2, 0.25) is 0 Å². The number of hydrogen-bond acceptors (Lipinski definition) is 6. The summed E-state index contributed by atoms with van der Waals surface area (Å²) in [5, 5.41) is 4.26. The quantitative estimate of drug-likeness (QED) is 0.821. The number of ether oxygens (including phenoxy) is 1. The fourth-order valence-electron chi connectivity index (χ4n) is 4.11. The maximum absolute atomic E-state index is 5.60. The maximum atomic E-state index is 5.60. The average Bonchev–Trinajstić information content (AvgIpc) is 3.18. The van der Waals surface area contributed by atoms with Crippen LogP contribution in [0.3, 0.4) is 0 Å². The van der Waals surface area contributed by atoms with Gasteiger partial charge >= 0.3 is 0 Å². The van der Waals surface area contributed by atoms with E-state index >= 15 is 0 Å². The fourth-order valence-corrected chi connectivity index (χ4v) is 4.11. The van der Waals surface area contributed by atoms with Gasteiger partial charge in [0.2, 0.25) is 0 Å². The normalized spacial score (nSPS) is 19.8. The third-order valence-corrected chi connectivity index (χ3v) is 5.87. The van der Waals surface area contributed by atoms with Crippen molar-refractivity contribution in [3.63, 3.8) is 0 Å². The maximum Gasteiger partial charge on any atom is 0.266 e. The summed E-state index contributed by atoms with van der Waals surface area (Å²) in [5.74, 6) is 1.86. The molecule has 1 aromatic heterocycles. The molecule has 0 amide bonds. The average molecular weight is 370 g/mol. The van der Waals surface area contributed by atoms with Crippen LogP contribution in [-0.2, 0) is 4.74 Å². The van der Waals surface area contributed by atoms with Crippen molar-refractivity contribution in [3.05, 3.63) is 29.3 Å². The SMILES string of the molecule is Cc1cc(C(C)C)ccc1-c1nc(N2CCC(N3CCOCC3)CC2)no1. The van der Waals surface area contributed by atoms with Crippen LogP contribution in [0.15, 0.2) is 22.7 Å². The van der Waals surface area contributed by atoms with Crippen LogP contribution in [0, 0.1) is 6.92 Å². The summed E-state index contributed by atoms with van der Waals surface area (Å²) in [6.45, 7) is 12.3. The Kier molecular flexibility index (Phi) is 5.45. The lowest BCUT2D eigenvalue weighted by atomic mass is 9.98. The summed E-state index contributed by atoms with van der Waals surface area (Å²) in [4.78, 5) is 9.51. The molecule has 0 unspecified atom stereocenters. The lowest BCUT2D eigenvalue weighted by Crippen LogP contribution is -2.49. The molecule has 0 atom stereocenters. The molecule has 0 saturated carbocycles. The van der Waals surface area contributed by atoms with Crippen molar-refractivity contribution < 1.29 is 9.26 Å². The van der Waals surface area contributed by atoms with Crippen molar-refractivity contribution >= 4 is 5.95 Å². The second-order valence-electron chi connectivity index (χ2n) is 8.00. The van der Waals surface area contributed by atoms with Gasteiger partial charge in [-0.05, 0) is 48.0 Å². The predicted molar refractivity (Wildman–Crippen MR) is 106 cm³/mol. The Morgan fingerprint density at radius 3 is 2.48 bits per heavy atom. The summed E-state index contributed by atoms with van der Waals surface area (Å²) >= 11 is 0. The summed E-state index contributed by atoms with van der Waals surface area (Å²) in [5.41, 5.74) is 3.55. The molecule has 4 rings (SSSR count). The molecule has 146 valence electrons. The Morgan fingerprint density at radius 1 is 1.07 bits per heavy atom. The van der Waals surface area contributed by atoms with E-state index in [9.17, 15) is 0 Å². The van der Waals surface area contributed by atoms with E-state index in [1.165, 1.54) is 11.1 Å². The van der Waals surface area contributed by atoms with Crippen LogP contribution in [0.4, 0.5) is 5.95 Å². The van der Waals surface area contributed by atoms with Gasteiger partial charge in [0.15, 0.2) is 0 Å². The number of morpholine rings is 1. The van der Waals surface area contributed by atoms with Crippen LogP contribution in [0.25, 0.3) is 11.5 Å². The first-order valence-electron chi connectivity index (χ1n) is 10.1. The minimum atomic E-state index is 0.517. The molecule has 3 heterocycles. The molecule has 27 heavy (non-hydrogen) atoms. The monoisotopic (exact) mass is 370 g/mol. The van der Waals surface area contributed by atoms with Gasteiger partial charge in [-0.2, -0.15) is 4.98 Å². The van der Waals surface area contributed by atoms with E-state index in [1.807, 2.05) is 0 Å². The van der Waals surface area contributed by atoms with Crippen molar-refractivity contribution in [1.82, 2.24) is 15.0 Å². The largest absolute Gasteiger partial charge is 0.379 e. The predicted octanol–water partition coefficient (Wildman–Crippen LogP) is 3.47. The van der Waals surface area contributed by atoms with E-state index in [4.69, 9.17) is 14.2 Å². The molecule has 0 aliphatic carbocycles. The van der Waals surface area contributed by atoms with Gasteiger partial charge in [0.1, 0.15) is 0 Å². The molecule has 0 radical (unpaired) electrons. The standard InChI is InChI=1S/C21H30N4O2/c1-15(2)17-4-5-19(16(3)14-17)20-22-21(23-27-20)25-8-6-18(7-9-25)24-10-12-26-13-11-24/h4-5,14-15,18H,6-13H2,1-3H3. The molecule has 6 heteroatoms. The van der Waals surface area contributed by atoms with Crippen molar-refractivity contribution in [2.45, 2.75) is 45.6 Å². The molecule has 6 nitrogen and oxygen atoms in total. The first-order chi connectivity index (χ1) is 13.1. The molecule has 2 aromatic rings. The molecular weight excluding hydrogens is 340 g/mol. The first-order valence-corrected chi connectivity index (χ1v) is 10.1. The molecule has 0 spiro atoms. The number of nitrogens with zero attached hydrogens (tertiary/aromatic N) is 4. The Bertz CT molecular complexity index is 759. The zero-order valence-electron chi connectivity index (χ0n) is 16.6. The number of aryl methyl sites for hydroxylation is 1. The van der Waals surface area contributed by atoms with Crippen LogP contribution >= 0.6 is 0 Å². The second-order valence-corrected chi connectivity index (χ2v) is 8.00. The minimum Gasteiger partial charge on any atom is -0.379 e. The zero-order valence-corrected chi connectivity index (χ0v) is 16.6. The number of piperidine rings is 1. The number of benzene rings is 1. The van der Waals surface area contributed by atoms with Crippen LogP contribution in [0.1, 0.15) is 43.7 Å². The van der Waals surface area contributed by atoms with E-state index in [0.717, 1.165) is 63.7 Å². The van der Waals surface area contributed by atoms with Gasteiger partial charge in [-0.1, -0.05) is 26.0 Å². The Morgan fingerprint density at radius 2 is 1.81 bits per heavy atom. The highest BCUT2D eigenvalue weighted by atomic mass is 16.5. The molecule has 1 aromatic carbocycles. The van der Waals surface area contributed by atoms with E-state index in [2.05, 4.69) is 53.9 Å². The van der Waals surface area contributed by atoms with E-state index < -0.39 is 0 Å². The molecule has 2 aliphatic rings. The van der Waals surface area contributed by atoms with Crippen molar-refractivity contribution in [1.29, 1.82) is 0 Å². The molecular formula is C21H30N4O2. The highest BCUT2D eigenvalue weighted by molar-refractivity contribution is 5.60. The lowest BCUT2D eigenvalue weighted by molar-refractivity contribution is 0.0114.